The van der Waals surface area contributed by atoms with E-state index in [-0.39, 0.29) is 11.7 Å². The summed E-state index contributed by atoms with van der Waals surface area (Å²) in [7, 11) is 1.43. The predicted molar refractivity (Wildman–Crippen MR) is 51.9 cm³/mol. The molecule has 0 saturated carbocycles. The molecule has 0 fully saturated rings. The molecule has 1 rings (SSSR count). The molecule has 0 aliphatic heterocycles. The highest BCUT2D eigenvalue weighted by molar-refractivity contribution is 8.00. The molecule has 0 bridgehead atoms. The van der Waals surface area contributed by atoms with Gasteiger partial charge in [-0.15, -0.1) is 11.8 Å². The van der Waals surface area contributed by atoms with Crippen LogP contribution in [0.1, 0.15) is 0 Å². The quantitative estimate of drug-likeness (QED) is 0.461. The summed E-state index contributed by atoms with van der Waals surface area (Å²) in [5.41, 5.74) is 0. The van der Waals surface area contributed by atoms with E-state index < -0.39 is 0 Å². The van der Waals surface area contributed by atoms with Gasteiger partial charge in [0.05, 0.1) is 12.9 Å². The Balaban J connectivity index is 2.54. The van der Waals surface area contributed by atoms with E-state index in [1.165, 1.54) is 24.9 Å². The zero-order valence-electron chi connectivity index (χ0n) is 7.21. The molecule has 0 aliphatic carbocycles. The van der Waals surface area contributed by atoms with Gasteiger partial charge < -0.3 is 4.74 Å². The van der Waals surface area contributed by atoms with Gasteiger partial charge in [-0.25, -0.2) is 4.39 Å². The van der Waals surface area contributed by atoms with E-state index in [1.807, 2.05) is 0 Å². The number of benzene rings is 1. The lowest BCUT2D eigenvalue weighted by Crippen LogP contribution is -2.01. The normalized spacial score (nSPS) is 9.69. The summed E-state index contributed by atoms with van der Waals surface area (Å²) in [4.78, 5) is 0.546. The van der Waals surface area contributed by atoms with Crippen molar-refractivity contribution in [2.75, 3.05) is 12.9 Å². The zero-order valence-corrected chi connectivity index (χ0v) is 8.03. The Morgan fingerprint density at radius 1 is 1.54 bits per heavy atom. The average molecular weight is 199 g/mol. The van der Waals surface area contributed by atoms with Crippen LogP contribution in [-0.4, -0.2) is 18.8 Å². The van der Waals surface area contributed by atoms with Gasteiger partial charge in [0.15, 0.2) is 5.90 Å². The van der Waals surface area contributed by atoms with Crippen molar-refractivity contribution in [3.8, 4) is 0 Å². The van der Waals surface area contributed by atoms with Gasteiger partial charge in [0.25, 0.3) is 0 Å². The van der Waals surface area contributed by atoms with Crippen LogP contribution in [0.25, 0.3) is 0 Å². The van der Waals surface area contributed by atoms with Crippen LogP contribution >= 0.6 is 11.8 Å². The van der Waals surface area contributed by atoms with Crippen LogP contribution in [-0.2, 0) is 4.74 Å². The van der Waals surface area contributed by atoms with E-state index in [0.29, 0.717) is 10.6 Å². The van der Waals surface area contributed by atoms with Crippen LogP contribution in [0.2, 0.25) is 0 Å². The van der Waals surface area contributed by atoms with Crippen molar-refractivity contribution in [1.82, 2.24) is 0 Å². The SMILES string of the molecule is COC(=N)CSc1ccccc1F. The summed E-state index contributed by atoms with van der Waals surface area (Å²) in [6, 6.07) is 6.49. The molecule has 0 radical (unpaired) electrons. The Labute approximate surface area is 80.6 Å². The fourth-order valence-electron chi connectivity index (χ4n) is 0.764. The lowest BCUT2D eigenvalue weighted by molar-refractivity contribution is 0.397. The number of rotatable bonds is 3. The molecule has 70 valence electrons. The predicted octanol–water partition coefficient (Wildman–Crippen LogP) is 2.54. The van der Waals surface area contributed by atoms with E-state index in [9.17, 15) is 4.39 Å². The Morgan fingerprint density at radius 2 is 2.23 bits per heavy atom. The number of halogens is 1. The molecule has 0 spiro atoms. The Hall–Kier alpha value is -1.03. The highest BCUT2D eigenvalue weighted by atomic mass is 32.2. The van der Waals surface area contributed by atoms with Gasteiger partial charge in [-0.1, -0.05) is 12.1 Å². The molecule has 0 heterocycles. The molecule has 0 amide bonds. The topological polar surface area (TPSA) is 33.1 Å². The summed E-state index contributed by atoms with van der Waals surface area (Å²) in [5.74, 6) is 0.252. The smallest absolute Gasteiger partial charge is 0.190 e. The van der Waals surface area contributed by atoms with E-state index in [4.69, 9.17) is 5.41 Å². The van der Waals surface area contributed by atoms with Gasteiger partial charge in [-0.05, 0) is 12.1 Å². The molecule has 0 saturated heterocycles. The highest BCUT2D eigenvalue weighted by Crippen LogP contribution is 2.20. The van der Waals surface area contributed by atoms with Gasteiger partial charge in [0, 0.05) is 4.90 Å². The average Bonchev–Trinajstić information content (AvgIpc) is 2.16. The summed E-state index contributed by atoms with van der Waals surface area (Å²) < 4.78 is 17.7. The third kappa shape index (κ3) is 3.06. The summed E-state index contributed by atoms with van der Waals surface area (Å²) in [5, 5.41) is 7.19. The number of hydrogen-bond acceptors (Lipinski definition) is 3. The maximum Gasteiger partial charge on any atom is 0.190 e. The molecule has 1 aromatic rings. The maximum atomic E-state index is 13.0. The molecule has 1 N–H and O–H groups in total. The van der Waals surface area contributed by atoms with E-state index in [2.05, 4.69) is 4.74 Å². The molecule has 4 heteroatoms. The lowest BCUT2D eigenvalue weighted by Gasteiger charge is -2.02. The Kier molecular flexibility index (Phi) is 3.76. The van der Waals surface area contributed by atoms with Crippen LogP contribution in [0.4, 0.5) is 4.39 Å². The first-order valence-corrected chi connectivity index (χ1v) is 4.71. The van der Waals surface area contributed by atoms with Gasteiger partial charge in [-0.3, -0.25) is 5.41 Å². The number of methoxy groups -OCH3 is 1. The molecule has 1 aromatic carbocycles. The van der Waals surface area contributed by atoms with Crippen molar-refractivity contribution in [2.45, 2.75) is 4.90 Å². The molecule has 0 atom stereocenters. The van der Waals surface area contributed by atoms with Gasteiger partial charge in [0.1, 0.15) is 5.82 Å². The fraction of sp³-hybridized carbons (Fsp3) is 0.222. The van der Waals surface area contributed by atoms with Crippen LogP contribution in [0, 0.1) is 11.2 Å². The Morgan fingerprint density at radius 3 is 2.85 bits per heavy atom. The maximum absolute atomic E-state index is 13.0. The van der Waals surface area contributed by atoms with Crippen molar-refractivity contribution in [1.29, 1.82) is 5.41 Å². The van der Waals surface area contributed by atoms with E-state index in [0.717, 1.165) is 0 Å². The molecule has 13 heavy (non-hydrogen) atoms. The third-order valence-electron chi connectivity index (χ3n) is 1.44. The minimum atomic E-state index is -0.253. The minimum Gasteiger partial charge on any atom is -0.484 e. The molecule has 0 aromatic heterocycles. The van der Waals surface area contributed by atoms with Crippen molar-refractivity contribution >= 4 is 17.7 Å². The van der Waals surface area contributed by atoms with Crippen molar-refractivity contribution in [3.63, 3.8) is 0 Å². The van der Waals surface area contributed by atoms with Gasteiger partial charge >= 0.3 is 0 Å². The summed E-state index contributed by atoms with van der Waals surface area (Å²) in [6.07, 6.45) is 0. The second kappa shape index (κ2) is 4.87. The lowest BCUT2D eigenvalue weighted by atomic mass is 10.3. The number of hydrogen-bond donors (Lipinski definition) is 1. The zero-order chi connectivity index (χ0) is 9.68. The minimum absolute atomic E-state index is 0.147. The van der Waals surface area contributed by atoms with Crippen LogP contribution in [0.5, 0.6) is 0 Å². The summed E-state index contributed by atoms with van der Waals surface area (Å²) >= 11 is 1.26. The Bertz CT molecular complexity index is 303. The van der Waals surface area contributed by atoms with E-state index in [1.54, 1.807) is 18.2 Å². The van der Waals surface area contributed by atoms with Crippen LogP contribution < -0.4 is 0 Å². The standard InChI is InChI=1S/C9H10FNOS/c1-12-9(11)6-13-8-5-3-2-4-7(8)10/h2-5,11H,6H2,1H3. The van der Waals surface area contributed by atoms with Crippen molar-refractivity contribution < 1.29 is 9.13 Å². The monoisotopic (exact) mass is 199 g/mol. The van der Waals surface area contributed by atoms with E-state index >= 15 is 0 Å². The third-order valence-corrected chi connectivity index (χ3v) is 2.49. The first-order chi connectivity index (χ1) is 6.24. The van der Waals surface area contributed by atoms with Crippen LogP contribution in [0.3, 0.4) is 0 Å². The van der Waals surface area contributed by atoms with Crippen molar-refractivity contribution in [2.24, 2.45) is 0 Å². The molecular weight excluding hydrogens is 189 g/mol. The second-order valence-corrected chi connectivity index (χ2v) is 3.36. The number of nitrogens with one attached hydrogen (secondary N) is 1. The number of thioether (sulfide) groups is 1. The first-order valence-electron chi connectivity index (χ1n) is 3.73. The fourth-order valence-corrected chi connectivity index (χ4v) is 1.55. The molecule has 2 nitrogen and oxygen atoms in total. The van der Waals surface area contributed by atoms with Gasteiger partial charge in [-0.2, -0.15) is 0 Å². The van der Waals surface area contributed by atoms with Crippen molar-refractivity contribution in [3.05, 3.63) is 30.1 Å². The molecular formula is C9H10FNOS. The highest BCUT2D eigenvalue weighted by Gasteiger charge is 2.02. The summed E-state index contributed by atoms with van der Waals surface area (Å²) in [6.45, 7) is 0. The second-order valence-electron chi connectivity index (χ2n) is 2.35. The number of ether oxygens (including phenoxy) is 1. The largest absolute Gasteiger partial charge is 0.484 e. The molecule has 0 aliphatic rings. The van der Waals surface area contributed by atoms with Crippen LogP contribution in [0.15, 0.2) is 29.2 Å². The molecule has 0 unspecified atom stereocenters. The first kappa shape index (κ1) is 10.1. The van der Waals surface area contributed by atoms with Gasteiger partial charge in [0.2, 0.25) is 0 Å².